The van der Waals surface area contributed by atoms with Crippen LogP contribution in [0.15, 0.2) is 0 Å². The van der Waals surface area contributed by atoms with E-state index in [1.54, 1.807) is 0 Å². The molecule has 0 spiro atoms. The first-order valence-corrected chi connectivity index (χ1v) is 7.43. The molecule has 1 N–H and O–H groups in total. The van der Waals surface area contributed by atoms with Crippen LogP contribution < -0.4 is 5.32 Å². The minimum atomic E-state index is 0.220. The van der Waals surface area contributed by atoms with Gasteiger partial charge >= 0.3 is 0 Å². The van der Waals surface area contributed by atoms with Crippen molar-refractivity contribution in [3.05, 3.63) is 0 Å². The van der Waals surface area contributed by atoms with Crippen LogP contribution in [0.1, 0.15) is 52.9 Å². The first-order chi connectivity index (χ1) is 8.65. The van der Waals surface area contributed by atoms with Gasteiger partial charge in [0.25, 0.3) is 0 Å². The summed E-state index contributed by atoms with van der Waals surface area (Å²) in [5, 5.41) is 12.9. The smallest absolute Gasteiger partial charge is 0.0672 e. The lowest BCUT2D eigenvalue weighted by Gasteiger charge is -2.54. The lowest BCUT2D eigenvalue weighted by molar-refractivity contribution is -0.128. The highest BCUT2D eigenvalue weighted by Gasteiger charge is 2.52. The zero-order chi connectivity index (χ0) is 13.2. The van der Waals surface area contributed by atoms with Crippen molar-refractivity contribution < 1.29 is 4.74 Å². The first kappa shape index (κ1) is 13.8. The third-order valence-electron chi connectivity index (χ3n) is 5.21. The molecular formula is C15H26N2O. The Labute approximate surface area is 111 Å². The molecule has 0 amide bonds. The summed E-state index contributed by atoms with van der Waals surface area (Å²) < 4.78 is 5.83. The summed E-state index contributed by atoms with van der Waals surface area (Å²) in [5.74, 6) is 0.220. The highest BCUT2D eigenvalue weighted by Crippen LogP contribution is 2.46. The fraction of sp³-hybridized carbons (Fsp3) is 0.933. The summed E-state index contributed by atoms with van der Waals surface area (Å²) in [5.41, 5.74) is 0.249. The summed E-state index contributed by atoms with van der Waals surface area (Å²) in [6, 6.07) is 3.39. The Morgan fingerprint density at radius 1 is 1.39 bits per heavy atom. The molecule has 0 bridgehead atoms. The Morgan fingerprint density at radius 3 is 2.78 bits per heavy atom. The molecule has 0 aromatic rings. The fourth-order valence-electron chi connectivity index (χ4n) is 3.58. The second-order valence-electron chi connectivity index (χ2n) is 6.03. The van der Waals surface area contributed by atoms with Gasteiger partial charge in [-0.3, -0.25) is 0 Å². The van der Waals surface area contributed by atoms with Crippen LogP contribution in [0, 0.1) is 22.7 Å². The average molecular weight is 250 g/mol. The maximum atomic E-state index is 9.15. The summed E-state index contributed by atoms with van der Waals surface area (Å²) in [7, 11) is 0. The molecule has 18 heavy (non-hydrogen) atoms. The number of nitriles is 1. The van der Waals surface area contributed by atoms with Crippen molar-refractivity contribution in [3.8, 4) is 6.07 Å². The van der Waals surface area contributed by atoms with E-state index >= 15 is 0 Å². The molecule has 102 valence electrons. The van der Waals surface area contributed by atoms with Gasteiger partial charge in [-0.05, 0) is 32.6 Å². The Balaban J connectivity index is 1.93. The molecule has 2 rings (SSSR count). The van der Waals surface area contributed by atoms with Crippen LogP contribution in [0.3, 0.4) is 0 Å². The van der Waals surface area contributed by atoms with Crippen molar-refractivity contribution in [2.24, 2.45) is 11.3 Å². The van der Waals surface area contributed by atoms with E-state index in [2.05, 4.69) is 32.2 Å². The van der Waals surface area contributed by atoms with Gasteiger partial charge in [0.15, 0.2) is 0 Å². The third-order valence-corrected chi connectivity index (χ3v) is 5.21. The molecule has 2 aliphatic rings. The highest BCUT2D eigenvalue weighted by atomic mass is 16.5. The predicted molar refractivity (Wildman–Crippen MR) is 72.1 cm³/mol. The Morgan fingerprint density at radius 2 is 2.17 bits per heavy atom. The molecule has 2 saturated carbocycles. The van der Waals surface area contributed by atoms with Crippen molar-refractivity contribution in [2.75, 3.05) is 6.61 Å². The van der Waals surface area contributed by atoms with Crippen LogP contribution in [0.5, 0.6) is 0 Å². The van der Waals surface area contributed by atoms with Crippen molar-refractivity contribution in [3.63, 3.8) is 0 Å². The van der Waals surface area contributed by atoms with Gasteiger partial charge in [0.2, 0.25) is 0 Å². The molecule has 0 aromatic carbocycles. The molecule has 2 fully saturated rings. The summed E-state index contributed by atoms with van der Waals surface area (Å²) >= 11 is 0. The Kier molecular flexibility index (Phi) is 4.29. The minimum Gasteiger partial charge on any atom is -0.378 e. The Bertz CT molecular complexity index is 325. The monoisotopic (exact) mass is 250 g/mol. The van der Waals surface area contributed by atoms with Gasteiger partial charge < -0.3 is 10.1 Å². The van der Waals surface area contributed by atoms with E-state index in [-0.39, 0.29) is 11.3 Å². The zero-order valence-electron chi connectivity index (χ0n) is 11.9. The van der Waals surface area contributed by atoms with Crippen molar-refractivity contribution >= 4 is 0 Å². The van der Waals surface area contributed by atoms with Gasteiger partial charge in [0, 0.05) is 24.1 Å². The maximum absolute atomic E-state index is 9.15. The minimum absolute atomic E-state index is 0.220. The van der Waals surface area contributed by atoms with E-state index in [1.165, 1.54) is 6.42 Å². The van der Waals surface area contributed by atoms with Gasteiger partial charge in [-0.25, -0.2) is 0 Å². The number of nitrogens with zero attached hydrogens (tertiary/aromatic N) is 1. The van der Waals surface area contributed by atoms with Gasteiger partial charge in [0.05, 0.1) is 18.1 Å². The molecule has 0 aromatic heterocycles. The summed E-state index contributed by atoms with van der Waals surface area (Å²) in [4.78, 5) is 0. The number of hydrogen-bond donors (Lipinski definition) is 1. The first-order valence-electron chi connectivity index (χ1n) is 7.43. The lowest BCUT2D eigenvalue weighted by Crippen LogP contribution is -2.64. The van der Waals surface area contributed by atoms with Crippen molar-refractivity contribution in [2.45, 2.75) is 71.1 Å². The quantitative estimate of drug-likeness (QED) is 0.816. The molecule has 0 heterocycles. The molecule has 5 atom stereocenters. The lowest BCUT2D eigenvalue weighted by atomic mass is 9.61. The van der Waals surface area contributed by atoms with E-state index in [0.29, 0.717) is 18.2 Å². The van der Waals surface area contributed by atoms with Gasteiger partial charge in [-0.2, -0.15) is 5.26 Å². The van der Waals surface area contributed by atoms with E-state index in [4.69, 9.17) is 10.00 Å². The zero-order valence-corrected chi connectivity index (χ0v) is 11.9. The van der Waals surface area contributed by atoms with Crippen LogP contribution in [0.2, 0.25) is 0 Å². The van der Waals surface area contributed by atoms with E-state index < -0.39 is 0 Å². The molecular weight excluding hydrogens is 224 g/mol. The number of hydrogen-bond acceptors (Lipinski definition) is 3. The second-order valence-corrected chi connectivity index (χ2v) is 6.03. The van der Waals surface area contributed by atoms with Crippen molar-refractivity contribution in [1.29, 1.82) is 5.26 Å². The van der Waals surface area contributed by atoms with E-state index in [9.17, 15) is 0 Å². The predicted octanol–water partition coefficient (Wildman–Crippen LogP) is 2.86. The number of nitrogens with one attached hydrogen (secondary N) is 1. The third kappa shape index (κ3) is 2.29. The molecule has 3 nitrogen and oxygen atoms in total. The van der Waals surface area contributed by atoms with E-state index in [0.717, 1.165) is 32.3 Å². The molecule has 0 aliphatic heterocycles. The van der Waals surface area contributed by atoms with Gasteiger partial charge in [-0.1, -0.05) is 20.3 Å². The standard InChI is InChI=1S/C15H26N2O/c1-4-15(3)13(9-14(15)18-5-2)17-12-8-6-7-11(12)10-16/h11-14,17H,4-9H2,1-3H3. The van der Waals surface area contributed by atoms with Gasteiger partial charge in [0.1, 0.15) is 0 Å². The SMILES string of the molecule is CCOC1CC(NC2CCCC2C#N)C1(C)CC. The topological polar surface area (TPSA) is 45.0 Å². The van der Waals surface area contributed by atoms with Crippen LogP contribution in [0.25, 0.3) is 0 Å². The highest BCUT2D eigenvalue weighted by molar-refractivity contribution is 5.08. The van der Waals surface area contributed by atoms with E-state index in [1.807, 2.05) is 0 Å². The molecule has 3 heteroatoms. The van der Waals surface area contributed by atoms with Crippen molar-refractivity contribution in [1.82, 2.24) is 5.32 Å². The van der Waals surface area contributed by atoms with Crippen LogP contribution in [0.4, 0.5) is 0 Å². The fourth-order valence-corrected chi connectivity index (χ4v) is 3.58. The molecule has 0 saturated heterocycles. The normalized spacial score (nSPS) is 43.4. The largest absolute Gasteiger partial charge is 0.378 e. The Hall–Kier alpha value is -0.590. The average Bonchev–Trinajstić information content (AvgIpc) is 2.83. The molecule has 5 unspecified atom stereocenters. The van der Waals surface area contributed by atoms with Gasteiger partial charge in [-0.15, -0.1) is 0 Å². The number of ether oxygens (including phenoxy) is 1. The van der Waals surface area contributed by atoms with Crippen LogP contribution in [-0.4, -0.2) is 24.8 Å². The summed E-state index contributed by atoms with van der Waals surface area (Å²) in [6.45, 7) is 7.44. The maximum Gasteiger partial charge on any atom is 0.0672 e. The number of rotatable bonds is 5. The molecule has 2 aliphatic carbocycles. The summed E-state index contributed by atoms with van der Waals surface area (Å²) in [6.07, 6.45) is 6.06. The molecule has 0 radical (unpaired) electrons. The van der Waals surface area contributed by atoms with Crippen LogP contribution >= 0.6 is 0 Å². The van der Waals surface area contributed by atoms with Crippen LogP contribution in [-0.2, 0) is 4.74 Å². The second kappa shape index (κ2) is 5.59.